The average molecular weight is 452 g/mol. The fourth-order valence-corrected chi connectivity index (χ4v) is 5.78. The standard InChI is InChI=1S/C27H38FN5/c1-4-5-23-17-26(18-24(29)20(23)2)7-14-33(15-8-26)21(3)27(28)9-12-32(13-10-27)19-22-6-11-31-25(30)16-22/h4-6,11,16,29H,3,7-10,12-15,17-19H2,1-2H3,(H2,30,31)/b5-4-,29-24?. The zero-order chi connectivity index (χ0) is 23.6. The van der Waals surface area contributed by atoms with Gasteiger partial charge in [-0.3, -0.25) is 4.90 Å². The van der Waals surface area contributed by atoms with Gasteiger partial charge in [-0.25, -0.2) is 9.37 Å². The van der Waals surface area contributed by atoms with Gasteiger partial charge in [0.05, 0.1) is 0 Å². The molecule has 0 aromatic carbocycles. The summed E-state index contributed by atoms with van der Waals surface area (Å²) in [6.07, 6.45) is 10.8. The monoisotopic (exact) mass is 451 g/mol. The number of anilines is 1. The predicted molar refractivity (Wildman–Crippen MR) is 134 cm³/mol. The first-order valence-electron chi connectivity index (χ1n) is 12.2. The number of nitrogens with one attached hydrogen (secondary N) is 1. The first kappa shape index (κ1) is 23.7. The molecule has 33 heavy (non-hydrogen) atoms. The smallest absolute Gasteiger partial charge is 0.152 e. The summed E-state index contributed by atoms with van der Waals surface area (Å²) in [6.45, 7) is 12.2. The Morgan fingerprint density at radius 3 is 2.55 bits per heavy atom. The van der Waals surface area contributed by atoms with Crippen molar-refractivity contribution in [3.63, 3.8) is 0 Å². The molecule has 3 heterocycles. The van der Waals surface area contributed by atoms with Crippen LogP contribution in [-0.2, 0) is 6.54 Å². The van der Waals surface area contributed by atoms with Crippen LogP contribution < -0.4 is 5.73 Å². The summed E-state index contributed by atoms with van der Waals surface area (Å²) in [4.78, 5) is 8.53. The summed E-state index contributed by atoms with van der Waals surface area (Å²) in [6, 6.07) is 3.86. The summed E-state index contributed by atoms with van der Waals surface area (Å²) in [7, 11) is 0. The van der Waals surface area contributed by atoms with E-state index in [1.165, 1.54) is 5.57 Å². The molecule has 3 N–H and O–H groups in total. The SMILES string of the molecule is C=C(N1CCC2(CC1)CC(=N)C(C)=C(/C=C\C)C2)C1(F)CCN(Cc2ccnc(N)c2)CC1. The molecule has 2 aliphatic heterocycles. The maximum atomic E-state index is 16.0. The second kappa shape index (κ2) is 9.41. The number of alkyl halides is 1. The lowest BCUT2D eigenvalue weighted by atomic mass is 9.65. The molecule has 0 unspecified atom stereocenters. The van der Waals surface area contributed by atoms with Gasteiger partial charge in [-0.05, 0) is 86.6 Å². The fourth-order valence-electron chi connectivity index (χ4n) is 5.78. The van der Waals surface area contributed by atoms with E-state index in [1.807, 2.05) is 19.1 Å². The maximum absolute atomic E-state index is 16.0. The molecule has 0 radical (unpaired) electrons. The van der Waals surface area contributed by atoms with Crippen LogP contribution in [0.4, 0.5) is 10.2 Å². The van der Waals surface area contributed by atoms with Crippen molar-refractivity contribution in [1.82, 2.24) is 14.8 Å². The molecule has 1 aliphatic carbocycles. The molecule has 6 heteroatoms. The molecule has 178 valence electrons. The van der Waals surface area contributed by atoms with Crippen molar-refractivity contribution in [2.45, 2.75) is 64.6 Å². The minimum Gasteiger partial charge on any atom is -0.384 e. The van der Waals surface area contributed by atoms with Crippen LogP contribution in [0.3, 0.4) is 0 Å². The molecule has 0 amide bonds. The number of piperidine rings is 2. The highest BCUT2D eigenvalue weighted by Gasteiger charge is 2.44. The number of hydrogen-bond donors (Lipinski definition) is 2. The van der Waals surface area contributed by atoms with Gasteiger partial charge in [0.15, 0.2) is 5.67 Å². The van der Waals surface area contributed by atoms with Crippen LogP contribution in [0.25, 0.3) is 0 Å². The average Bonchev–Trinajstić information content (AvgIpc) is 2.79. The molecule has 3 aliphatic rings. The Morgan fingerprint density at radius 1 is 1.21 bits per heavy atom. The van der Waals surface area contributed by atoms with Gasteiger partial charge in [-0.2, -0.15) is 0 Å². The normalized spacial score (nSPS) is 23.5. The highest BCUT2D eigenvalue weighted by atomic mass is 19.1. The highest BCUT2D eigenvalue weighted by Crippen LogP contribution is 2.47. The van der Waals surface area contributed by atoms with Crippen molar-refractivity contribution in [2.75, 3.05) is 31.9 Å². The molecular formula is C27H38FN5. The molecule has 4 rings (SSSR count). The Bertz CT molecular complexity index is 962. The molecule has 1 spiro atoms. The van der Waals surface area contributed by atoms with Gasteiger partial charge in [-0.1, -0.05) is 18.7 Å². The van der Waals surface area contributed by atoms with Gasteiger partial charge in [0, 0.05) is 50.3 Å². The minimum atomic E-state index is -1.33. The van der Waals surface area contributed by atoms with Gasteiger partial charge in [-0.15, -0.1) is 0 Å². The van der Waals surface area contributed by atoms with E-state index in [2.05, 4.69) is 40.4 Å². The second-order valence-electron chi connectivity index (χ2n) is 10.2. The number of nitrogens with zero attached hydrogens (tertiary/aromatic N) is 3. The van der Waals surface area contributed by atoms with Gasteiger partial charge < -0.3 is 16.0 Å². The number of nitrogen functional groups attached to an aromatic ring is 1. The lowest BCUT2D eigenvalue weighted by Crippen LogP contribution is -2.49. The molecule has 0 bridgehead atoms. The zero-order valence-corrected chi connectivity index (χ0v) is 20.2. The summed E-state index contributed by atoms with van der Waals surface area (Å²) < 4.78 is 16.0. The molecule has 2 saturated heterocycles. The van der Waals surface area contributed by atoms with E-state index in [0.29, 0.717) is 37.4 Å². The van der Waals surface area contributed by atoms with Crippen molar-refractivity contribution in [3.8, 4) is 0 Å². The second-order valence-corrected chi connectivity index (χ2v) is 10.2. The van der Waals surface area contributed by atoms with E-state index >= 15 is 4.39 Å². The van der Waals surface area contributed by atoms with Crippen LogP contribution >= 0.6 is 0 Å². The Hall–Kier alpha value is -2.47. The summed E-state index contributed by atoms with van der Waals surface area (Å²) >= 11 is 0. The topological polar surface area (TPSA) is 69.2 Å². The molecule has 1 aromatic rings. The predicted octanol–water partition coefficient (Wildman–Crippen LogP) is 5.27. The van der Waals surface area contributed by atoms with Crippen molar-refractivity contribution < 1.29 is 4.39 Å². The quantitative estimate of drug-likeness (QED) is 0.640. The van der Waals surface area contributed by atoms with Crippen LogP contribution in [0.2, 0.25) is 0 Å². The van der Waals surface area contributed by atoms with Crippen molar-refractivity contribution in [2.24, 2.45) is 5.41 Å². The van der Waals surface area contributed by atoms with Crippen molar-refractivity contribution >= 4 is 11.5 Å². The van der Waals surface area contributed by atoms with Crippen LogP contribution in [-0.4, -0.2) is 52.3 Å². The first-order chi connectivity index (χ1) is 15.7. The zero-order valence-electron chi connectivity index (χ0n) is 20.2. The van der Waals surface area contributed by atoms with Gasteiger partial charge in [0.1, 0.15) is 5.82 Å². The number of halogens is 1. The maximum Gasteiger partial charge on any atom is 0.152 e. The number of pyridine rings is 1. The Labute approximate surface area is 197 Å². The Kier molecular flexibility index (Phi) is 6.76. The third-order valence-electron chi connectivity index (χ3n) is 8.04. The summed E-state index contributed by atoms with van der Waals surface area (Å²) in [5.74, 6) is 0.525. The van der Waals surface area contributed by atoms with Crippen LogP contribution in [0.5, 0.6) is 0 Å². The largest absolute Gasteiger partial charge is 0.384 e. The van der Waals surface area contributed by atoms with Gasteiger partial charge >= 0.3 is 0 Å². The van der Waals surface area contributed by atoms with Gasteiger partial charge in [0.25, 0.3) is 0 Å². The number of likely N-dealkylation sites (tertiary alicyclic amines) is 2. The van der Waals surface area contributed by atoms with Gasteiger partial charge in [0.2, 0.25) is 0 Å². The Balaban J connectivity index is 1.33. The van der Waals surface area contributed by atoms with Crippen molar-refractivity contribution in [3.05, 3.63) is 59.5 Å². The van der Waals surface area contributed by atoms with E-state index in [-0.39, 0.29) is 5.41 Å². The molecule has 5 nitrogen and oxygen atoms in total. The number of rotatable bonds is 5. The molecule has 2 fully saturated rings. The summed E-state index contributed by atoms with van der Waals surface area (Å²) in [5.41, 5.74) is 9.59. The fraction of sp³-hybridized carbons (Fsp3) is 0.556. The highest BCUT2D eigenvalue weighted by molar-refractivity contribution is 5.99. The Morgan fingerprint density at radius 2 is 1.91 bits per heavy atom. The van der Waals surface area contributed by atoms with E-state index < -0.39 is 5.67 Å². The molecular weight excluding hydrogens is 413 g/mol. The van der Waals surface area contributed by atoms with Crippen molar-refractivity contribution in [1.29, 1.82) is 5.41 Å². The third kappa shape index (κ3) is 5.06. The molecule has 0 saturated carbocycles. The molecule has 0 atom stereocenters. The molecule has 1 aromatic heterocycles. The number of allylic oxidation sites excluding steroid dienone is 5. The number of hydrogen-bond acceptors (Lipinski definition) is 5. The summed E-state index contributed by atoms with van der Waals surface area (Å²) in [5, 5.41) is 8.50. The van der Waals surface area contributed by atoms with Crippen LogP contribution in [0.1, 0.15) is 57.9 Å². The third-order valence-corrected chi connectivity index (χ3v) is 8.04. The van der Waals surface area contributed by atoms with E-state index in [4.69, 9.17) is 11.1 Å². The van der Waals surface area contributed by atoms with E-state index in [1.54, 1.807) is 6.20 Å². The minimum absolute atomic E-state index is 0.140. The van der Waals surface area contributed by atoms with Crippen LogP contribution in [0.15, 0.2) is 53.9 Å². The lowest BCUT2D eigenvalue weighted by molar-refractivity contribution is 0.0411. The van der Waals surface area contributed by atoms with Crippen LogP contribution in [0, 0.1) is 10.8 Å². The first-order valence-corrected chi connectivity index (χ1v) is 12.2. The van der Waals surface area contributed by atoms with E-state index in [0.717, 1.165) is 62.2 Å². The lowest BCUT2D eigenvalue weighted by Gasteiger charge is -2.48. The van der Waals surface area contributed by atoms with E-state index in [9.17, 15) is 0 Å². The number of nitrogens with two attached hydrogens (primary N) is 1. The number of aromatic nitrogens is 1.